The van der Waals surface area contributed by atoms with E-state index in [-0.39, 0.29) is 12.5 Å². The first kappa shape index (κ1) is 22.0. The second-order valence-electron chi connectivity index (χ2n) is 7.41. The van der Waals surface area contributed by atoms with E-state index in [1.54, 1.807) is 11.4 Å². The van der Waals surface area contributed by atoms with Crippen LogP contribution >= 0.6 is 27.3 Å². The number of hydrogen-bond acceptors (Lipinski definition) is 4. The minimum Gasteiger partial charge on any atom is -0.335 e. The molecule has 1 saturated heterocycles. The molecule has 0 spiro atoms. The minimum atomic E-state index is -4.46. The zero-order valence-corrected chi connectivity index (χ0v) is 18.9. The Labute approximate surface area is 190 Å². The highest BCUT2D eigenvalue weighted by Gasteiger charge is 2.33. The van der Waals surface area contributed by atoms with Gasteiger partial charge in [0.1, 0.15) is 0 Å². The first-order valence-corrected chi connectivity index (χ1v) is 11.4. The van der Waals surface area contributed by atoms with Crippen LogP contribution in [0.25, 0.3) is 0 Å². The van der Waals surface area contributed by atoms with Gasteiger partial charge in [0.05, 0.1) is 11.4 Å². The van der Waals surface area contributed by atoms with Gasteiger partial charge in [0.15, 0.2) is 5.69 Å². The number of piperazine rings is 1. The van der Waals surface area contributed by atoms with E-state index in [1.807, 2.05) is 17.0 Å². The Morgan fingerprint density at radius 3 is 2.52 bits per heavy atom. The minimum absolute atomic E-state index is 0.0326. The second kappa shape index (κ2) is 9.13. The van der Waals surface area contributed by atoms with E-state index < -0.39 is 11.9 Å². The molecule has 10 heteroatoms. The summed E-state index contributed by atoms with van der Waals surface area (Å²) in [5.74, 6) is -0.0326. The zero-order valence-electron chi connectivity index (χ0n) is 16.5. The summed E-state index contributed by atoms with van der Waals surface area (Å²) in [6.45, 7) is 3.92. The quantitative estimate of drug-likeness (QED) is 0.496. The molecule has 2 aromatic heterocycles. The first-order valence-electron chi connectivity index (χ1n) is 9.72. The number of halogens is 4. The Morgan fingerprint density at radius 2 is 1.84 bits per heavy atom. The van der Waals surface area contributed by atoms with Crippen molar-refractivity contribution in [2.75, 3.05) is 26.2 Å². The standard InChI is InChI=1S/C21H20BrF3N4OS/c22-17-3-1-2-15(10-17)12-27-6-8-28(9-7-27)20(30)18-11-16(14-31-18)13-29-5-4-19(26-29)21(23,24)25/h1-5,10-11,14H,6-9,12-13H2. The van der Waals surface area contributed by atoms with Crippen molar-refractivity contribution in [3.05, 3.63) is 74.1 Å². The molecule has 1 aliphatic heterocycles. The van der Waals surface area contributed by atoms with Gasteiger partial charge in [-0.2, -0.15) is 18.3 Å². The van der Waals surface area contributed by atoms with Crippen LogP contribution in [-0.2, 0) is 19.3 Å². The van der Waals surface area contributed by atoms with Gasteiger partial charge >= 0.3 is 6.18 Å². The summed E-state index contributed by atoms with van der Waals surface area (Å²) in [6, 6.07) is 10.9. The van der Waals surface area contributed by atoms with Gasteiger partial charge in [0.2, 0.25) is 0 Å². The number of hydrogen-bond donors (Lipinski definition) is 0. The van der Waals surface area contributed by atoms with Crippen LogP contribution in [0, 0.1) is 0 Å². The van der Waals surface area contributed by atoms with Crippen molar-refractivity contribution in [1.29, 1.82) is 0 Å². The second-order valence-corrected chi connectivity index (χ2v) is 9.24. The number of thiophene rings is 1. The Hall–Kier alpha value is -2.17. The van der Waals surface area contributed by atoms with Gasteiger partial charge in [-0.1, -0.05) is 28.1 Å². The van der Waals surface area contributed by atoms with Crippen LogP contribution in [0.3, 0.4) is 0 Å². The lowest BCUT2D eigenvalue weighted by molar-refractivity contribution is -0.141. The lowest BCUT2D eigenvalue weighted by Gasteiger charge is -2.34. The fraction of sp³-hybridized carbons (Fsp3) is 0.333. The van der Waals surface area contributed by atoms with Crippen molar-refractivity contribution < 1.29 is 18.0 Å². The van der Waals surface area contributed by atoms with Gasteiger partial charge < -0.3 is 4.90 Å². The number of nitrogens with zero attached hydrogens (tertiary/aromatic N) is 4. The summed E-state index contributed by atoms with van der Waals surface area (Å²) in [4.78, 5) is 17.6. The van der Waals surface area contributed by atoms with Crippen LogP contribution in [0.15, 0.2) is 52.4 Å². The third-order valence-corrected chi connectivity index (χ3v) is 6.56. The summed E-state index contributed by atoms with van der Waals surface area (Å²) < 4.78 is 40.4. The van der Waals surface area contributed by atoms with E-state index in [0.717, 1.165) is 35.7 Å². The molecule has 1 fully saturated rings. The van der Waals surface area contributed by atoms with Crippen LogP contribution in [0.5, 0.6) is 0 Å². The largest absolute Gasteiger partial charge is 0.435 e. The van der Waals surface area contributed by atoms with Crippen LogP contribution in [-0.4, -0.2) is 51.7 Å². The highest BCUT2D eigenvalue weighted by molar-refractivity contribution is 9.10. The maximum absolute atomic E-state index is 12.9. The Morgan fingerprint density at radius 1 is 1.06 bits per heavy atom. The first-order chi connectivity index (χ1) is 14.8. The summed E-state index contributed by atoms with van der Waals surface area (Å²) in [5, 5.41) is 5.36. The molecule has 0 unspecified atom stereocenters. The lowest BCUT2D eigenvalue weighted by Crippen LogP contribution is -2.48. The topological polar surface area (TPSA) is 41.4 Å². The third-order valence-electron chi connectivity index (χ3n) is 5.09. The van der Waals surface area contributed by atoms with Crippen LogP contribution in [0.2, 0.25) is 0 Å². The fourth-order valence-electron chi connectivity index (χ4n) is 3.52. The molecule has 0 aliphatic carbocycles. The molecule has 5 nitrogen and oxygen atoms in total. The molecule has 0 N–H and O–H groups in total. The number of aromatic nitrogens is 2. The third kappa shape index (κ3) is 5.55. The molecule has 0 radical (unpaired) electrons. The molecule has 4 rings (SSSR count). The number of carbonyl (C=O) groups is 1. The van der Waals surface area contributed by atoms with Gasteiger partial charge in [0.25, 0.3) is 5.91 Å². The average Bonchev–Trinajstić information content (AvgIpc) is 3.38. The van der Waals surface area contributed by atoms with E-state index in [0.29, 0.717) is 18.0 Å². The van der Waals surface area contributed by atoms with Gasteiger partial charge in [-0.25, -0.2) is 0 Å². The van der Waals surface area contributed by atoms with Gasteiger partial charge in [-0.05, 0) is 40.8 Å². The van der Waals surface area contributed by atoms with Crippen LogP contribution in [0.4, 0.5) is 13.2 Å². The van der Waals surface area contributed by atoms with Crippen molar-refractivity contribution >= 4 is 33.2 Å². The van der Waals surface area contributed by atoms with Crippen molar-refractivity contribution in [3.63, 3.8) is 0 Å². The van der Waals surface area contributed by atoms with E-state index in [1.165, 1.54) is 27.8 Å². The van der Waals surface area contributed by atoms with Crippen molar-refractivity contribution in [3.8, 4) is 0 Å². The number of benzene rings is 1. The fourth-order valence-corrected chi connectivity index (χ4v) is 4.83. The van der Waals surface area contributed by atoms with Crippen LogP contribution in [0.1, 0.15) is 26.5 Å². The van der Waals surface area contributed by atoms with Crippen molar-refractivity contribution in [2.24, 2.45) is 0 Å². The number of carbonyl (C=O) groups excluding carboxylic acids is 1. The summed E-state index contributed by atoms with van der Waals surface area (Å²) in [6.07, 6.45) is -3.16. The Kier molecular flexibility index (Phi) is 6.49. The predicted octanol–water partition coefficient (Wildman–Crippen LogP) is 4.73. The molecular weight excluding hydrogens is 493 g/mol. The molecule has 0 atom stereocenters. The summed E-state index contributed by atoms with van der Waals surface area (Å²) >= 11 is 4.80. The van der Waals surface area contributed by atoms with Crippen molar-refractivity contribution in [1.82, 2.24) is 19.6 Å². The SMILES string of the molecule is O=C(c1cc(Cn2ccc(C(F)(F)F)n2)cs1)N1CCN(Cc2cccc(Br)c2)CC1. The van der Waals surface area contributed by atoms with E-state index in [2.05, 4.69) is 38.1 Å². The molecule has 164 valence electrons. The predicted molar refractivity (Wildman–Crippen MR) is 116 cm³/mol. The molecular formula is C21H20BrF3N4OS. The van der Waals surface area contributed by atoms with E-state index >= 15 is 0 Å². The zero-order chi connectivity index (χ0) is 22.0. The van der Waals surface area contributed by atoms with E-state index in [9.17, 15) is 18.0 Å². The summed E-state index contributed by atoms with van der Waals surface area (Å²) in [5.41, 5.74) is 1.07. The number of alkyl halides is 3. The van der Waals surface area contributed by atoms with E-state index in [4.69, 9.17) is 0 Å². The molecule has 3 aromatic rings. The number of rotatable bonds is 5. The molecule has 1 amide bonds. The smallest absolute Gasteiger partial charge is 0.335 e. The maximum Gasteiger partial charge on any atom is 0.435 e. The molecule has 1 aliphatic rings. The highest BCUT2D eigenvalue weighted by atomic mass is 79.9. The number of amides is 1. The van der Waals surface area contributed by atoms with Gasteiger partial charge in [-0.15, -0.1) is 11.3 Å². The highest BCUT2D eigenvalue weighted by Crippen LogP contribution is 2.27. The van der Waals surface area contributed by atoms with Gasteiger partial charge in [0, 0.05) is 43.4 Å². The van der Waals surface area contributed by atoms with Crippen molar-refractivity contribution in [2.45, 2.75) is 19.3 Å². The lowest BCUT2D eigenvalue weighted by atomic mass is 10.2. The van der Waals surface area contributed by atoms with Gasteiger partial charge in [-0.3, -0.25) is 14.4 Å². The normalized spacial score (nSPS) is 15.4. The monoisotopic (exact) mass is 512 g/mol. The molecule has 31 heavy (non-hydrogen) atoms. The molecule has 0 saturated carbocycles. The molecule has 1 aromatic carbocycles. The Balaban J connectivity index is 1.31. The molecule has 0 bridgehead atoms. The summed E-state index contributed by atoms with van der Waals surface area (Å²) in [7, 11) is 0. The Bertz CT molecular complexity index is 1060. The average molecular weight is 513 g/mol. The molecule has 3 heterocycles. The maximum atomic E-state index is 12.9. The van der Waals surface area contributed by atoms with Crippen LogP contribution < -0.4 is 0 Å².